The van der Waals surface area contributed by atoms with Crippen LogP contribution in [0.2, 0.25) is 0 Å². The summed E-state index contributed by atoms with van der Waals surface area (Å²) in [5.41, 5.74) is 0. The predicted molar refractivity (Wildman–Crippen MR) is 63.4 cm³/mol. The molecule has 0 heterocycles. The van der Waals surface area contributed by atoms with E-state index in [-0.39, 0.29) is 11.6 Å². The molecule has 1 aromatic rings. The Labute approximate surface area is 99.5 Å². The van der Waals surface area contributed by atoms with Gasteiger partial charge in [0.2, 0.25) is 10.0 Å². The summed E-state index contributed by atoms with van der Waals surface area (Å²) in [5.74, 6) is 0.234. The van der Waals surface area contributed by atoms with Gasteiger partial charge in [-0.2, -0.15) is 0 Å². The first kappa shape index (κ1) is 13.5. The van der Waals surface area contributed by atoms with Crippen LogP contribution in [0.5, 0.6) is 0 Å². The van der Waals surface area contributed by atoms with E-state index in [2.05, 4.69) is 10.8 Å². The van der Waals surface area contributed by atoms with Crippen LogP contribution in [0.4, 0.5) is 4.39 Å². The Morgan fingerprint density at radius 2 is 2.31 bits per heavy atom. The van der Waals surface area contributed by atoms with E-state index >= 15 is 0 Å². The average Bonchev–Trinajstić information content (AvgIpc) is 2.27. The number of thioether (sulfide) groups is 1. The number of benzene rings is 1. The van der Waals surface area contributed by atoms with Gasteiger partial charge in [-0.15, -0.1) is 11.8 Å². The van der Waals surface area contributed by atoms with E-state index in [1.165, 1.54) is 17.8 Å². The second-order valence-corrected chi connectivity index (χ2v) is 6.24. The van der Waals surface area contributed by atoms with Gasteiger partial charge in [0.05, 0.1) is 5.75 Å². The minimum atomic E-state index is -3.15. The SMILES string of the molecule is CCS(=O)(=O)NCCSc1cc[c]cc1F. The van der Waals surface area contributed by atoms with Gasteiger partial charge in [0.1, 0.15) is 5.82 Å². The third-order valence-electron chi connectivity index (χ3n) is 1.84. The molecular formula is C10H13FNO2S2. The first-order valence-electron chi connectivity index (χ1n) is 4.81. The molecule has 6 heteroatoms. The highest BCUT2D eigenvalue weighted by molar-refractivity contribution is 7.99. The first-order chi connectivity index (χ1) is 7.55. The molecule has 0 bridgehead atoms. The summed E-state index contributed by atoms with van der Waals surface area (Å²) in [6.45, 7) is 1.88. The highest BCUT2D eigenvalue weighted by Gasteiger charge is 2.05. The fraction of sp³-hybridized carbons (Fsp3) is 0.400. The van der Waals surface area contributed by atoms with Crippen molar-refractivity contribution >= 4 is 21.8 Å². The summed E-state index contributed by atoms with van der Waals surface area (Å²) in [6.07, 6.45) is 0. The smallest absolute Gasteiger partial charge is 0.211 e. The molecule has 0 amide bonds. The molecule has 0 saturated carbocycles. The molecule has 0 saturated heterocycles. The van der Waals surface area contributed by atoms with Gasteiger partial charge in [0.15, 0.2) is 0 Å². The minimum absolute atomic E-state index is 0.0618. The number of rotatable bonds is 6. The van der Waals surface area contributed by atoms with Crippen LogP contribution >= 0.6 is 11.8 Å². The monoisotopic (exact) mass is 262 g/mol. The van der Waals surface area contributed by atoms with Gasteiger partial charge in [-0.05, 0) is 25.1 Å². The van der Waals surface area contributed by atoms with Crippen molar-refractivity contribution in [1.29, 1.82) is 0 Å². The molecule has 1 aromatic carbocycles. The van der Waals surface area contributed by atoms with Gasteiger partial charge in [0.25, 0.3) is 0 Å². The van der Waals surface area contributed by atoms with Crippen LogP contribution in [0.25, 0.3) is 0 Å². The van der Waals surface area contributed by atoms with Crippen molar-refractivity contribution in [2.24, 2.45) is 0 Å². The molecule has 0 aliphatic rings. The lowest BCUT2D eigenvalue weighted by atomic mass is 10.3. The lowest BCUT2D eigenvalue weighted by molar-refractivity contribution is 0.585. The van der Waals surface area contributed by atoms with Crippen molar-refractivity contribution in [2.45, 2.75) is 11.8 Å². The second kappa shape index (κ2) is 6.22. The van der Waals surface area contributed by atoms with Crippen molar-refractivity contribution < 1.29 is 12.8 Å². The van der Waals surface area contributed by atoms with Crippen molar-refractivity contribution in [3.8, 4) is 0 Å². The summed E-state index contributed by atoms with van der Waals surface area (Å²) >= 11 is 1.28. The van der Waals surface area contributed by atoms with E-state index in [4.69, 9.17) is 0 Å². The van der Waals surface area contributed by atoms with Gasteiger partial charge in [-0.3, -0.25) is 0 Å². The molecular weight excluding hydrogens is 249 g/mol. The molecule has 1 radical (unpaired) electrons. The second-order valence-electron chi connectivity index (χ2n) is 3.00. The van der Waals surface area contributed by atoms with Crippen LogP contribution in [-0.4, -0.2) is 26.5 Å². The highest BCUT2D eigenvalue weighted by atomic mass is 32.2. The number of nitrogens with one attached hydrogen (secondary N) is 1. The van der Waals surface area contributed by atoms with E-state index in [0.717, 1.165) is 0 Å². The Kier molecular flexibility index (Phi) is 5.24. The Morgan fingerprint density at radius 3 is 2.94 bits per heavy atom. The van der Waals surface area contributed by atoms with Crippen LogP contribution in [-0.2, 0) is 10.0 Å². The van der Waals surface area contributed by atoms with E-state index in [0.29, 0.717) is 17.2 Å². The Bertz CT molecular complexity index is 434. The zero-order valence-electron chi connectivity index (χ0n) is 8.86. The van der Waals surface area contributed by atoms with Crippen LogP contribution in [0.3, 0.4) is 0 Å². The van der Waals surface area contributed by atoms with Crippen molar-refractivity contribution in [3.63, 3.8) is 0 Å². The Morgan fingerprint density at radius 1 is 1.56 bits per heavy atom. The molecule has 89 valence electrons. The van der Waals surface area contributed by atoms with E-state index < -0.39 is 10.0 Å². The van der Waals surface area contributed by atoms with E-state index in [1.807, 2.05) is 0 Å². The van der Waals surface area contributed by atoms with Crippen molar-refractivity contribution in [1.82, 2.24) is 4.72 Å². The van der Waals surface area contributed by atoms with E-state index in [1.54, 1.807) is 19.1 Å². The zero-order valence-corrected chi connectivity index (χ0v) is 10.5. The van der Waals surface area contributed by atoms with Gasteiger partial charge < -0.3 is 0 Å². The maximum atomic E-state index is 13.1. The third kappa shape index (κ3) is 4.51. The molecule has 16 heavy (non-hydrogen) atoms. The molecule has 0 aromatic heterocycles. The maximum absolute atomic E-state index is 13.1. The molecule has 3 nitrogen and oxygen atoms in total. The fourth-order valence-electron chi connectivity index (χ4n) is 0.973. The summed E-state index contributed by atoms with van der Waals surface area (Å²) in [7, 11) is -3.15. The van der Waals surface area contributed by atoms with Crippen LogP contribution < -0.4 is 4.72 Å². The molecule has 0 aliphatic carbocycles. The quantitative estimate of drug-likeness (QED) is 0.626. The van der Waals surface area contributed by atoms with Gasteiger partial charge >= 0.3 is 0 Å². The van der Waals surface area contributed by atoms with Gasteiger partial charge in [-0.25, -0.2) is 17.5 Å². The zero-order chi connectivity index (χ0) is 12.0. The lowest BCUT2D eigenvalue weighted by Gasteiger charge is -2.04. The van der Waals surface area contributed by atoms with Crippen molar-refractivity contribution in [3.05, 3.63) is 30.1 Å². The first-order valence-corrected chi connectivity index (χ1v) is 7.44. The van der Waals surface area contributed by atoms with Crippen molar-refractivity contribution in [2.75, 3.05) is 18.1 Å². The summed E-state index contributed by atoms with van der Waals surface area (Å²) in [5, 5.41) is 0. The normalized spacial score (nSPS) is 11.6. The van der Waals surface area contributed by atoms with E-state index in [9.17, 15) is 12.8 Å². The molecule has 1 N–H and O–H groups in total. The van der Waals surface area contributed by atoms with Crippen LogP contribution in [0.1, 0.15) is 6.92 Å². The summed E-state index contributed by atoms with van der Waals surface area (Å²) < 4.78 is 37.7. The van der Waals surface area contributed by atoms with Crippen LogP contribution in [0.15, 0.2) is 23.1 Å². The standard InChI is InChI=1S/C10H13FNO2S2/c1-2-16(13,14)12-7-8-15-10-6-4-3-5-9(10)11/h4-6,12H,2,7-8H2,1H3. The summed E-state index contributed by atoms with van der Waals surface area (Å²) in [4.78, 5) is 0.509. The third-order valence-corrected chi connectivity index (χ3v) is 4.29. The number of hydrogen-bond acceptors (Lipinski definition) is 3. The number of sulfonamides is 1. The van der Waals surface area contributed by atoms with Gasteiger partial charge in [0, 0.05) is 17.2 Å². The minimum Gasteiger partial charge on any atom is -0.214 e. The molecule has 0 aliphatic heterocycles. The predicted octanol–water partition coefficient (Wildman–Crippen LogP) is 1.66. The Balaban J connectivity index is 2.35. The number of halogens is 1. The maximum Gasteiger partial charge on any atom is 0.211 e. The lowest BCUT2D eigenvalue weighted by Crippen LogP contribution is -2.27. The largest absolute Gasteiger partial charge is 0.214 e. The highest BCUT2D eigenvalue weighted by Crippen LogP contribution is 2.20. The number of hydrogen-bond donors (Lipinski definition) is 1. The Hall–Kier alpha value is -0.590. The summed E-state index contributed by atoms with van der Waals surface area (Å²) in [6, 6.07) is 7.13. The topological polar surface area (TPSA) is 46.2 Å². The molecule has 1 rings (SSSR count). The fourth-order valence-corrected chi connectivity index (χ4v) is 2.50. The molecule has 0 fully saturated rings. The van der Waals surface area contributed by atoms with Gasteiger partial charge in [-0.1, -0.05) is 6.07 Å². The molecule has 0 spiro atoms. The molecule has 0 atom stereocenters. The molecule has 0 unspecified atom stereocenters. The average molecular weight is 262 g/mol. The van der Waals surface area contributed by atoms with Crippen LogP contribution in [0, 0.1) is 11.9 Å².